The number of rotatable bonds is 5. The molecule has 6 nitrogen and oxygen atoms in total. The molecule has 6 heteroatoms. The third-order valence-corrected chi connectivity index (χ3v) is 3.47. The summed E-state index contributed by atoms with van der Waals surface area (Å²) in [5, 5.41) is 5.69. The standard InChI is InChI=1S/C15H23N3O3/c1-12-11-13(3-4-14(12)20-2)17-15(19)16-5-6-18-7-9-21-10-8-18/h3-4,11H,5-10H2,1-2H3,(H2,16,17,19). The van der Waals surface area contributed by atoms with Crippen LogP contribution in [0.2, 0.25) is 0 Å². The molecule has 2 amide bonds. The van der Waals surface area contributed by atoms with Crippen molar-refractivity contribution < 1.29 is 14.3 Å². The van der Waals surface area contributed by atoms with Crippen LogP contribution in [0, 0.1) is 6.92 Å². The van der Waals surface area contributed by atoms with Gasteiger partial charge in [-0.3, -0.25) is 4.90 Å². The fraction of sp³-hybridized carbons (Fsp3) is 0.533. The van der Waals surface area contributed by atoms with Crippen LogP contribution in [0.25, 0.3) is 0 Å². The molecule has 1 aliphatic heterocycles. The summed E-state index contributed by atoms with van der Waals surface area (Å²) >= 11 is 0. The summed E-state index contributed by atoms with van der Waals surface area (Å²) in [5.41, 5.74) is 1.75. The van der Waals surface area contributed by atoms with Crippen LogP contribution in [0.1, 0.15) is 5.56 Å². The number of hydrogen-bond acceptors (Lipinski definition) is 4. The third-order valence-electron chi connectivity index (χ3n) is 3.47. The minimum Gasteiger partial charge on any atom is -0.496 e. The van der Waals surface area contributed by atoms with Crippen LogP contribution in [0.4, 0.5) is 10.5 Å². The third kappa shape index (κ3) is 4.91. The number of hydrogen-bond donors (Lipinski definition) is 2. The second kappa shape index (κ2) is 7.85. The molecule has 1 aliphatic rings. The maximum Gasteiger partial charge on any atom is 0.319 e. The Balaban J connectivity index is 1.72. The van der Waals surface area contributed by atoms with Gasteiger partial charge in [0.15, 0.2) is 0 Å². The molecule has 0 aromatic heterocycles. The molecule has 1 aromatic rings. The molecule has 1 heterocycles. The summed E-state index contributed by atoms with van der Waals surface area (Å²) in [5.74, 6) is 0.813. The van der Waals surface area contributed by atoms with Crippen molar-refractivity contribution in [3.8, 4) is 5.75 Å². The van der Waals surface area contributed by atoms with Gasteiger partial charge in [0.2, 0.25) is 0 Å². The zero-order valence-electron chi connectivity index (χ0n) is 12.6. The fourth-order valence-electron chi connectivity index (χ4n) is 2.28. The summed E-state index contributed by atoms with van der Waals surface area (Å²) in [6, 6.07) is 5.37. The van der Waals surface area contributed by atoms with Crippen molar-refractivity contribution in [1.82, 2.24) is 10.2 Å². The fourth-order valence-corrected chi connectivity index (χ4v) is 2.28. The first-order valence-corrected chi connectivity index (χ1v) is 7.18. The lowest BCUT2D eigenvalue weighted by atomic mass is 10.2. The number of methoxy groups -OCH3 is 1. The molecule has 1 aromatic carbocycles. The van der Waals surface area contributed by atoms with E-state index in [2.05, 4.69) is 15.5 Å². The van der Waals surface area contributed by atoms with E-state index in [1.54, 1.807) is 7.11 Å². The van der Waals surface area contributed by atoms with Crippen molar-refractivity contribution in [3.63, 3.8) is 0 Å². The maximum absolute atomic E-state index is 11.8. The number of benzene rings is 1. The molecule has 116 valence electrons. The normalized spacial score (nSPS) is 15.5. The van der Waals surface area contributed by atoms with Gasteiger partial charge in [-0.15, -0.1) is 0 Å². The predicted molar refractivity (Wildman–Crippen MR) is 82.0 cm³/mol. The molecule has 2 N–H and O–H groups in total. The van der Waals surface area contributed by atoms with Crippen molar-refractivity contribution in [3.05, 3.63) is 23.8 Å². The maximum atomic E-state index is 11.8. The highest BCUT2D eigenvalue weighted by Crippen LogP contribution is 2.21. The van der Waals surface area contributed by atoms with Gasteiger partial charge in [0.25, 0.3) is 0 Å². The molecule has 1 fully saturated rings. The molecular weight excluding hydrogens is 270 g/mol. The largest absolute Gasteiger partial charge is 0.496 e. The second-order valence-corrected chi connectivity index (χ2v) is 5.02. The second-order valence-electron chi connectivity index (χ2n) is 5.02. The van der Waals surface area contributed by atoms with Crippen LogP contribution in [-0.2, 0) is 4.74 Å². The molecule has 21 heavy (non-hydrogen) atoms. The Bertz CT molecular complexity index is 473. The first kappa shape index (κ1) is 15.6. The average Bonchev–Trinajstić information content (AvgIpc) is 2.48. The molecule has 0 aliphatic carbocycles. The SMILES string of the molecule is COc1ccc(NC(=O)NCCN2CCOCC2)cc1C. The number of amides is 2. The Morgan fingerprint density at radius 1 is 1.38 bits per heavy atom. The van der Waals surface area contributed by atoms with Gasteiger partial charge >= 0.3 is 6.03 Å². The van der Waals surface area contributed by atoms with E-state index in [4.69, 9.17) is 9.47 Å². The van der Waals surface area contributed by atoms with Crippen molar-refractivity contribution in [2.24, 2.45) is 0 Å². The first-order valence-electron chi connectivity index (χ1n) is 7.18. The molecular formula is C15H23N3O3. The minimum atomic E-state index is -0.187. The van der Waals surface area contributed by atoms with E-state index in [1.165, 1.54) is 0 Å². The highest BCUT2D eigenvalue weighted by atomic mass is 16.5. The summed E-state index contributed by atoms with van der Waals surface area (Å²) in [4.78, 5) is 14.1. The topological polar surface area (TPSA) is 62.8 Å². The number of anilines is 1. The molecule has 0 bridgehead atoms. The minimum absolute atomic E-state index is 0.187. The van der Waals surface area contributed by atoms with Gasteiger partial charge in [0.05, 0.1) is 20.3 Å². The van der Waals surface area contributed by atoms with E-state index < -0.39 is 0 Å². The van der Waals surface area contributed by atoms with E-state index in [0.717, 1.165) is 49.8 Å². The Hall–Kier alpha value is -1.79. The number of nitrogens with one attached hydrogen (secondary N) is 2. The molecule has 0 saturated carbocycles. The van der Waals surface area contributed by atoms with Gasteiger partial charge in [-0.2, -0.15) is 0 Å². The Morgan fingerprint density at radius 3 is 2.81 bits per heavy atom. The number of nitrogens with zero attached hydrogens (tertiary/aromatic N) is 1. The van der Waals surface area contributed by atoms with Gasteiger partial charge < -0.3 is 20.1 Å². The van der Waals surface area contributed by atoms with Gasteiger partial charge in [-0.1, -0.05) is 0 Å². The van der Waals surface area contributed by atoms with E-state index in [-0.39, 0.29) is 6.03 Å². The van der Waals surface area contributed by atoms with Crippen LogP contribution in [0.3, 0.4) is 0 Å². The number of carbonyl (C=O) groups excluding carboxylic acids is 1. The van der Waals surface area contributed by atoms with E-state index in [1.807, 2.05) is 25.1 Å². The Morgan fingerprint density at radius 2 is 2.14 bits per heavy atom. The molecule has 0 radical (unpaired) electrons. The lowest BCUT2D eigenvalue weighted by Gasteiger charge is -2.26. The highest BCUT2D eigenvalue weighted by molar-refractivity contribution is 5.89. The Labute approximate surface area is 125 Å². The van der Waals surface area contributed by atoms with Crippen molar-refractivity contribution >= 4 is 11.7 Å². The lowest BCUT2D eigenvalue weighted by Crippen LogP contribution is -2.42. The quantitative estimate of drug-likeness (QED) is 0.863. The monoisotopic (exact) mass is 293 g/mol. The summed E-state index contributed by atoms with van der Waals surface area (Å²) in [6.07, 6.45) is 0. The zero-order chi connectivity index (χ0) is 15.1. The smallest absolute Gasteiger partial charge is 0.319 e. The van der Waals surface area contributed by atoms with Crippen LogP contribution in [-0.4, -0.2) is 57.4 Å². The van der Waals surface area contributed by atoms with Crippen molar-refractivity contribution in [2.75, 3.05) is 51.8 Å². The highest BCUT2D eigenvalue weighted by Gasteiger charge is 2.10. The van der Waals surface area contributed by atoms with Crippen LogP contribution in [0.15, 0.2) is 18.2 Å². The van der Waals surface area contributed by atoms with E-state index in [0.29, 0.717) is 6.54 Å². The molecule has 0 atom stereocenters. The van der Waals surface area contributed by atoms with E-state index in [9.17, 15) is 4.79 Å². The zero-order valence-corrected chi connectivity index (χ0v) is 12.6. The molecule has 1 saturated heterocycles. The summed E-state index contributed by atoms with van der Waals surface area (Å²) < 4.78 is 10.5. The lowest BCUT2D eigenvalue weighted by molar-refractivity contribution is 0.0388. The summed E-state index contributed by atoms with van der Waals surface area (Å²) in [6.45, 7) is 6.83. The van der Waals surface area contributed by atoms with Crippen molar-refractivity contribution in [1.29, 1.82) is 0 Å². The Kier molecular flexibility index (Phi) is 5.83. The van der Waals surface area contributed by atoms with Gasteiger partial charge in [-0.25, -0.2) is 4.79 Å². The van der Waals surface area contributed by atoms with Crippen LogP contribution < -0.4 is 15.4 Å². The van der Waals surface area contributed by atoms with Gasteiger partial charge in [-0.05, 0) is 30.7 Å². The van der Waals surface area contributed by atoms with Crippen molar-refractivity contribution in [2.45, 2.75) is 6.92 Å². The molecule has 0 unspecified atom stereocenters. The predicted octanol–water partition coefficient (Wildman–Crippen LogP) is 1.46. The molecule has 2 rings (SSSR count). The van der Waals surface area contributed by atoms with Gasteiger partial charge in [0, 0.05) is 31.9 Å². The number of ether oxygens (including phenoxy) is 2. The molecule has 0 spiro atoms. The van der Waals surface area contributed by atoms with Crippen LogP contribution in [0.5, 0.6) is 5.75 Å². The van der Waals surface area contributed by atoms with Gasteiger partial charge in [0.1, 0.15) is 5.75 Å². The first-order chi connectivity index (χ1) is 10.2. The van der Waals surface area contributed by atoms with E-state index >= 15 is 0 Å². The number of morpholine rings is 1. The van der Waals surface area contributed by atoms with Crippen LogP contribution >= 0.6 is 0 Å². The number of aryl methyl sites for hydroxylation is 1. The summed E-state index contributed by atoms with van der Waals surface area (Å²) in [7, 11) is 1.63. The average molecular weight is 293 g/mol. The number of carbonyl (C=O) groups is 1. The number of urea groups is 1.